The highest BCUT2D eigenvalue weighted by molar-refractivity contribution is 7.85. The number of esters is 2. The zero-order valence-electron chi connectivity index (χ0n) is 36.4. The predicted molar refractivity (Wildman–Crippen MR) is 219 cm³/mol. The van der Waals surface area contributed by atoms with Gasteiger partial charge in [-0.05, 0) is 144 Å². The van der Waals surface area contributed by atoms with Crippen molar-refractivity contribution in [2.45, 2.75) is 124 Å². The molecule has 0 spiro atoms. The molecule has 2 unspecified atom stereocenters. The molecule has 0 aromatic rings. The van der Waals surface area contributed by atoms with Crippen molar-refractivity contribution in [3.63, 3.8) is 0 Å². The Bertz CT molecular complexity index is 1420. The molecule has 5 heterocycles. The van der Waals surface area contributed by atoms with Gasteiger partial charge in [-0.3, -0.25) is 18.7 Å². The fourth-order valence-electron chi connectivity index (χ4n) is 8.77. The normalized spacial score (nSPS) is 24.2. The monoisotopic (exact) mass is 844 g/mol. The highest BCUT2D eigenvalue weighted by atomic mass is 32.2. The fraction of sp³-hybridized carbons (Fsp3) is 0.902. The molecular weight excluding hydrogens is 771 g/mol. The molecule has 0 aliphatic carbocycles. The molecule has 2 amide bonds. The lowest BCUT2D eigenvalue weighted by molar-refractivity contribution is -0.165. The summed E-state index contributed by atoms with van der Waals surface area (Å²) in [5.41, 5.74) is -0.831. The number of carbonyl (C=O) groups excluding carboxylic acids is 4. The van der Waals surface area contributed by atoms with E-state index in [4.69, 9.17) is 23.1 Å². The van der Waals surface area contributed by atoms with Gasteiger partial charge in [0.15, 0.2) is 0 Å². The molecule has 5 saturated heterocycles. The number of amides is 2. The van der Waals surface area contributed by atoms with E-state index in [1.165, 1.54) is 25.7 Å². The van der Waals surface area contributed by atoms with Crippen LogP contribution in [0.2, 0.25) is 0 Å². The third-order valence-corrected chi connectivity index (χ3v) is 13.1. The lowest BCUT2D eigenvalue weighted by atomic mass is 9.75. The molecule has 0 aromatic heterocycles. The van der Waals surface area contributed by atoms with Gasteiger partial charge in [0.25, 0.3) is 10.1 Å². The average molecular weight is 844 g/mol. The molecule has 0 aromatic carbocycles. The zero-order valence-corrected chi connectivity index (χ0v) is 37.2. The van der Waals surface area contributed by atoms with Crippen molar-refractivity contribution in [1.29, 1.82) is 0 Å². The maximum Gasteiger partial charge on any atom is 0.410 e. The van der Waals surface area contributed by atoms with Gasteiger partial charge in [-0.2, -0.15) is 8.42 Å². The molecule has 5 aliphatic heterocycles. The molecule has 2 atom stereocenters. The Morgan fingerprint density at radius 1 is 0.741 bits per heavy atom. The van der Waals surface area contributed by atoms with Crippen molar-refractivity contribution in [2.75, 3.05) is 98.1 Å². The summed E-state index contributed by atoms with van der Waals surface area (Å²) in [6, 6.07) is 1.20. The van der Waals surface area contributed by atoms with Crippen molar-refractivity contribution in [3.8, 4) is 0 Å². The van der Waals surface area contributed by atoms with Gasteiger partial charge in [0.1, 0.15) is 18.8 Å². The van der Waals surface area contributed by atoms with Crippen LogP contribution in [0.5, 0.6) is 0 Å². The number of hydrogen-bond donors (Lipinski definition) is 0. The molecule has 5 rings (SSSR count). The Hall–Kier alpha value is -2.73. The first-order chi connectivity index (χ1) is 27.5. The van der Waals surface area contributed by atoms with Crippen molar-refractivity contribution < 1.29 is 50.7 Å². The van der Waals surface area contributed by atoms with E-state index in [0.29, 0.717) is 82.6 Å². The van der Waals surface area contributed by atoms with E-state index >= 15 is 0 Å². The van der Waals surface area contributed by atoms with Crippen LogP contribution in [-0.4, -0.2) is 179 Å². The lowest BCUT2D eigenvalue weighted by Gasteiger charge is -2.39. The van der Waals surface area contributed by atoms with E-state index in [1.54, 1.807) is 18.7 Å². The highest BCUT2D eigenvalue weighted by Gasteiger charge is 2.46. The molecule has 5 aliphatic rings. The van der Waals surface area contributed by atoms with Gasteiger partial charge in [0.05, 0.1) is 44.4 Å². The Morgan fingerprint density at radius 2 is 1.21 bits per heavy atom. The van der Waals surface area contributed by atoms with Crippen LogP contribution >= 0.6 is 0 Å². The van der Waals surface area contributed by atoms with Crippen LogP contribution in [0.25, 0.3) is 0 Å². The largest absolute Gasteiger partial charge is 0.466 e. The number of ether oxygens (including phenoxy) is 4. The summed E-state index contributed by atoms with van der Waals surface area (Å²) >= 11 is 0. The third kappa shape index (κ3) is 15.1. The second-order valence-electron chi connectivity index (χ2n) is 17.4. The molecule has 5 fully saturated rings. The summed E-state index contributed by atoms with van der Waals surface area (Å²) in [7, 11) is -3.50. The number of rotatable bonds is 18. The van der Waals surface area contributed by atoms with Crippen LogP contribution in [0.3, 0.4) is 0 Å². The van der Waals surface area contributed by atoms with Crippen LogP contribution in [-0.2, 0) is 42.8 Å². The summed E-state index contributed by atoms with van der Waals surface area (Å²) in [6.07, 6.45) is 7.61. The van der Waals surface area contributed by atoms with Gasteiger partial charge in [0, 0.05) is 31.7 Å². The van der Waals surface area contributed by atoms with Crippen molar-refractivity contribution >= 4 is 34.2 Å². The average Bonchev–Trinajstić information content (AvgIpc) is 3.72. The number of carbonyl (C=O) groups is 4. The summed E-state index contributed by atoms with van der Waals surface area (Å²) in [4.78, 5) is 59.9. The first-order valence-electron chi connectivity index (χ1n) is 21.8. The number of likely N-dealkylation sites (tertiary alicyclic amines) is 3. The number of piperidine rings is 3. The molecule has 58 heavy (non-hydrogen) atoms. The fourth-order valence-corrected chi connectivity index (χ4v) is 9.16. The molecule has 16 nitrogen and oxygen atoms in total. The van der Waals surface area contributed by atoms with E-state index in [0.717, 1.165) is 51.8 Å². The summed E-state index contributed by atoms with van der Waals surface area (Å²) < 4.78 is 47.9. The van der Waals surface area contributed by atoms with Crippen LogP contribution < -0.4 is 0 Å². The second kappa shape index (κ2) is 22.8. The first-order valence-corrected chi connectivity index (χ1v) is 23.6. The maximum atomic E-state index is 12.7. The Morgan fingerprint density at radius 3 is 1.66 bits per heavy atom. The number of cyclic esters (lactones) is 2. The van der Waals surface area contributed by atoms with E-state index in [1.807, 2.05) is 4.90 Å². The van der Waals surface area contributed by atoms with E-state index < -0.39 is 21.6 Å². The van der Waals surface area contributed by atoms with E-state index in [2.05, 4.69) is 42.4 Å². The van der Waals surface area contributed by atoms with Crippen LogP contribution in [0, 0.1) is 17.3 Å². The lowest BCUT2D eigenvalue weighted by Crippen LogP contribution is -2.48. The molecular formula is C41H73N5O11S. The van der Waals surface area contributed by atoms with Crippen LogP contribution in [0.4, 0.5) is 9.59 Å². The number of nitrogens with zero attached hydrogens (tertiary/aromatic N) is 5. The SMILES string of the molecule is CC(C)N1CCC(CCN2CC(COS(C)(=O)=O)OC2=O)CC1.CCOC(=O)CC1(C(=O)OCC)CCN(CC2CN(CCC3CCN(C(C)C)CC3)C(=O)O2)CC1. The van der Waals surface area contributed by atoms with Crippen LogP contribution in [0.1, 0.15) is 99.3 Å². The molecule has 0 N–H and O–H groups in total. The van der Waals surface area contributed by atoms with Gasteiger partial charge in [-0.25, -0.2) is 9.59 Å². The van der Waals surface area contributed by atoms with Gasteiger partial charge < -0.3 is 38.5 Å². The minimum atomic E-state index is -3.50. The van der Waals surface area contributed by atoms with Gasteiger partial charge in [0.2, 0.25) is 0 Å². The Balaban J connectivity index is 0.000000280. The highest BCUT2D eigenvalue weighted by Crippen LogP contribution is 2.37. The minimum absolute atomic E-state index is 0.0514. The third-order valence-electron chi connectivity index (χ3n) is 12.5. The quantitative estimate of drug-likeness (QED) is 0.110. The topological polar surface area (TPSA) is 165 Å². The van der Waals surface area contributed by atoms with E-state index in [9.17, 15) is 27.6 Å². The molecule has 334 valence electrons. The number of hydrogen-bond acceptors (Lipinski definition) is 14. The molecule has 0 bridgehead atoms. The minimum Gasteiger partial charge on any atom is -0.466 e. The first kappa shape index (κ1) is 47.9. The van der Waals surface area contributed by atoms with Crippen molar-refractivity contribution in [3.05, 3.63) is 0 Å². The maximum absolute atomic E-state index is 12.7. The Labute approximate surface area is 347 Å². The summed E-state index contributed by atoms with van der Waals surface area (Å²) in [6.45, 7) is 21.9. The Kier molecular flexibility index (Phi) is 18.8. The molecule has 0 saturated carbocycles. The van der Waals surface area contributed by atoms with Gasteiger partial charge in [-0.15, -0.1) is 0 Å². The van der Waals surface area contributed by atoms with E-state index in [-0.39, 0.29) is 49.9 Å². The molecule has 17 heteroatoms. The predicted octanol–water partition coefficient (Wildman–Crippen LogP) is 4.21. The van der Waals surface area contributed by atoms with Crippen LogP contribution in [0.15, 0.2) is 0 Å². The van der Waals surface area contributed by atoms with Crippen molar-refractivity contribution in [1.82, 2.24) is 24.5 Å². The second-order valence-corrected chi connectivity index (χ2v) is 19.0. The molecule has 0 radical (unpaired) electrons. The summed E-state index contributed by atoms with van der Waals surface area (Å²) in [5.74, 6) is 0.646. The summed E-state index contributed by atoms with van der Waals surface area (Å²) in [5, 5.41) is 0. The standard InChI is InChI=1S/C26H45N3O6.C15H28N2O5S/c1-5-33-23(30)17-26(24(31)34-6-2)10-15-27(16-11-26)18-22-19-29(25(32)35-22)14-9-21-7-12-28(13-8-21)20(3)4;1-12(2)16-7-4-13(5-8-16)6-9-17-10-14(22-15(17)18)11-21-23(3,19)20/h20-22H,5-19H2,1-4H3;12-14H,4-11H2,1-3H3. The van der Waals surface area contributed by atoms with Gasteiger partial charge in [-0.1, -0.05) is 0 Å². The van der Waals surface area contributed by atoms with Crippen molar-refractivity contribution in [2.24, 2.45) is 17.3 Å². The van der Waals surface area contributed by atoms with Gasteiger partial charge >= 0.3 is 24.1 Å². The zero-order chi connectivity index (χ0) is 42.5. The smallest absolute Gasteiger partial charge is 0.410 e.